The number of anilines is 2. The molecule has 194 valence electrons. The zero-order valence-electron chi connectivity index (χ0n) is 22.0. The second-order valence-electron chi connectivity index (χ2n) is 10.3. The van der Waals surface area contributed by atoms with Crippen molar-refractivity contribution < 1.29 is 18.8 Å². The third-order valence-corrected chi connectivity index (χ3v) is 7.12. The van der Waals surface area contributed by atoms with Gasteiger partial charge in [-0.05, 0) is 69.0 Å². The molecule has 3 amide bonds. The molecule has 1 heterocycles. The van der Waals surface area contributed by atoms with Gasteiger partial charge in [-0.3, -0.25) is 14.4 Å². The zero-order chi connectivity index (χ0) is 26.6. The molecule has 1 aliphatic heterocycles. The molecule has 7 nitrogen and oxygen atoms in total. The summed E-state index contributed by atoms with van der Waals surface area (Å²) in [6.45, 7) is 10.3. The fourth-order valence-corrected chi connectivity index (χ4v) is 4.57. The van der Waals surface area contributed by atoms with Crippen molar-refractivity contribution in [3.8, 4) is 0 Å². The van der Waals surface area contributed by atoms with Gasteiger partial charge in [0.05, 0.1) is 5.56 Å². The maximum absolute atomic E-state index is 14.2. The van der Waals surface area contributed by atoms with Crippen LogP contribution in [0.25, 0.3) is 0 Å². The molecule has 3 rings (SSSR count). The maximum Gasteiger partial charge on any atom is 0.254 e. The number of carbonyl (C=O) groups excluding carboxylic acids is 3. The monoisotopic (exact) mass is 496 g/mol. The average Bonchev–Trinajstić information content (AvgIpc) is 2.83. The average molecular weight is 497 g/mol. The number of halogens is 1. The third kappa shape index (κ3) is 6.22. The molecule has 1 fully saturated rings. The van der Waals surface area contributed by atoms with Gasteiger partial charge in [-0.15, -0.1) is 0 Å². The number of hydrogen-bond donors (Lipinski definition) is 2. The fraction of sp³-hybridized carbons (Fsp3) is 0.464. The van der Waals surface area contributed by atoms with Gasteiger partial charge in [0.25, 0.3) is 5.91 Å². The lowest BCUT2D eigenvalue weighted by Gasteiger charge is -2.47. The van der Waals surface area contributed by atoms with E-state index in [9.17, 15) is 18.8 Å². The molecule has 0 saturated carbocycles. The third-order valence-electron chi connectivity index (χ3n) is 7.12. The predicted octanol–water partition coefficient (Wildman–Crippen LogP) is 4.36. The number of carbonyl (C=O) groups is 3. The highest BCUT2D eigenvalue weighted by atomic mass is 19.1. The highest BCUT2D eigenvalue weighted by molar-refractivity contribution is 5.98. The van der Waals surface area contributed by atoms with E-state index in [0.717, 1.165) is 29.8 Å². The van der Waals surface area contributed by atoms with Gasteiger partial charge in [0.2, 0.25) is 11.8 Å². The molecule has 2 aromatic carbocycles. The van der Waals surface area contributed by atoms with Crippen LogP contribution in [0.2, 0.25) is 0 Å². The zero-order valence-corrected chi connectivity index (χ0v) is 22.0. The second kappa shape index (κ2) is 11.1. The van der Waals surface area contributed by atoms with Crippen molar-refractivity contribution in [1.29, 1.82) is 0 Å². The highest BCUT2D eigenvalue weighted by Gasteiger charge is 2.38. The molecule has 0 unspecified atom stereocenters. The molecule has 0 aromatic heterocycles. The van der Waals surface area contributed by atoms with Crippen LogP contribution in [0.3, 0.4) is 0 Å². The molecule has 1 saturated heterocycles. The van der Waals surface area contributed by atoms with Crippen LogP contribution in [0.1, 0.15) is 56.5 Å². The predicted molar refractivity (Wildman–Crippen MR) is 141 cm³/mol. The van der Waals surface area contributed by atoms with Crippen molar-refractivity contribution >= 4 is 29.1 Å². The van der Waals surface area contributed by atoms with E-state index < -0.39 is 17.8 Å². The molecule has 1 aliphatic rings. The minimum atomic E-state index is -0.735. The van der Waals surface area contributed by atoms with E-state index >= 15 is 0 Å². The van der Waals surface area contributed by atoms with E-state index in [1.54, 1.807) is 17.9 Å². The van der Waals surface area contributed by atoms with E-state index in [0.29, 0.717) is 13.1 Å². The summed E-state index contributed by atoms with van der Waals surface area (Å²) in [4.78, 5) is 41.5. The molecular weight excluding hydrogens is 459 g/mol. The molecule has 2 aromatic rings. The molecule has 8 heteroatoms. The SMILES string of the molecule is CC(=O)Nc1ccc(N(C)C2(C)CCN(C(=O)[C@H](NC(=O)c3cc(C)ccc3F)C(C)C)CC2)cc1. The Morgan fingerprint density at radius 2 is 1.67 bits per heavy atom. The molecule has 0 aliphatic carbocycles. The Bertz CT molecular complexity index is 1110. The van der Waals surface area contributed by atoms with Gasteiger partial charge in [-0.2, -0.15) is 0 Å². The number of rotatable bonds is 7. The normalized spacial score (nSPS) is 15.8. The van der Waals surface area contributed by atoms with Crippen LogP contribution in [0.5, 0.6) is 0 Å². The first-order chi connectivity index (χ1) is 16.9. The minimum absolute atomic E-state index is 0.0502. The number of likely N-dealkylation sites (tertiary alicyclic amines) is 1. The largest absolute Gasteiger partial charge is 0.369 e. The lowest BCUT2D eigenvalue weighted by Crippen LogP contribution is -2.57. The van der Waals surface area contributed by atoms with E-state index in [1.807, 2.05) is 45.2 Å². The van der Waals surface area contributed by atoms with Crippen LogP contribution in [0.4, 0.5) is 15.8 Å². The van der Waals surface area contributed by atoms with E-state index in [1.165, 1.54) is 19.1 Å². The van der Waals surface area contributed by atoms with Gasteiger partial charge < -0.3 is 20.4 Å². The van der Waals surface area contributed by atoms with E-state index in [4.69, 9.17) is 0 Å². The van der Waals surface area contributed by atoms with Gasteiger partial charge in [0, 0.05) is 44.0 Å². The molecule has 0 radical (unpaired) electrons. The van der Waals surface area contributed by atoms with Crippen molar-refractivity contribution in [3.63, 3.8) is 0 Å². The van der Waals surface area contributed by atoms with Crippen LogP contribution < -0.4 is 15.5 Å². The summed E-state index contributed by atoms with van der Waals surface area (Å²) in [5.74, 6) is -1.58. The molecule has 36 heavy (non-hydrogen) atoms. The van der Waals surface area contributed by atoms with Crippen molar-refractivity contribution in [3.05, 3.63) is 59.4 Å². The minimum Gasteiger partial charge on any atom is -0.369 e. The Morgan fingerprint density at radius 3 is 2.22 bits per heavy atom. The lowest BCUT2D eigenvalue weighted by atomic mass is 9.87. The van der Waals surface area contributed by atoms with Crippen LogP contribution in [-0.2, 0) is 9.59 Å². The Labute approximate surface area is 213 Å². The summed E-state index contributed by atoms with van der Waals surface area (Å²) < 4.78 is 14.2. The van der Waals surface area contributed by atoms with Gasteiger partial charge in [-0.1, -0.05) is 25.5 Å². The van der Waals surface area contributed by atoms with Crippen molar-refractivity contribution in [2.45, 2.75) is 59.0 Å². The molecule has 0 spiro atoms. The summed E-state index contributed by atoms with van der Waals surface area (Å²) >= 11 is 0. The van der Waals surface area contributed by atoms with Gasteiger partial charge in [0.15, 0.2) is 0 Å². The number of benzene rings is 2. The number of nitrogens with one attached hydrogen (secondary N) is 2. The smallest absolute Gasteiger partial charge is 0.254 e. The van der Waals surface area contributed by atoms with Crippen LogP contribution in [0, 0.1) is 18.7 Å². The molecule has 1 atom stereocenters. The standard InChI is InChI=1S/C28H37FN4O3/c1-18(2)25(31-26(35)23-17-19(3)7-12-24(23)29)27(36)33-15-13-28(5,14-16-33)32(6)22-10-8-21(9-11-22)30-20(4)34/h7-12,17-18,25H,13-16H2,1-6H3,(H,30,34)(H,31,35)/t25-/m1/s1. The van der Waals surface area contributed by atoms with Crippen LogP contribution >= 0.6 is 0 Å². The van der Waals surface area contributed by atoms with Gasteiger partial charge >= 0.3 is 0 Å². The summed E-state index contributed by atoms with van der Waals surface area (Å²) in [6, 6.07) is 11.3. The number of piperidine rings is 1. The summed E-state index contributed by atoms with van der Waals surface area (Å²) in [7, 11) is 2.04. The summed E-state index contributed by atoms with van der Waals surface area (Å²) in [6.07, 6.45) is 1.52. The van der Waals surface area contributed by atoms with Crippen LogP contribution in [-0.4, -0.2) is 54.3 Å². The first kappa shape index (κ1) is 27.2. The summed E-state index contributed by atoms with van der Waals surface area (Å²) in [5, 5.41) is 5.55. The number of amides is 3. The van der Waals surface area contributed by atoms with Crippen molar-refractivity contribution in [2.75, 3.05) is 30.4 Å². The number of nitrogens with zero attached hydrogens (tertiary/aromatic N) is 2. The Morgan fingerprint density at radius 1 is 1.06 bits per heavy atom. The van der Waals surface area contributed by atoms with Crippen LogP contribution in [0.15, 0.2) is 42.5 Å². The molecule has 0 bridgehead atoms. The highest BCUT2D eigenvalue weighted by Crippen LogP contribution is 2.32. The number of hydrogen-bond acceptors (Lipinski definition) is 4. The van der Waals surface area contributed by atoms with Crippen molar-refractivity contribution in [2.24, 2.45) is 5.92 Å². The lowest BCUT2D eigenvalue weighted by molar-refractivity contribution is -0.135. The van der Waals surface area contributed by atoms with Gasteiger partial charge in [0.1, 0.15) is 11.9 Å². The topological polar surface area (TPSA) is 81.8 Å². The number of aryl methyl sites for hydroxylation is 1. The summed E-state index contributed by atoms with van der Waals surface area (Å²) in [5.41, 5.74) is 2.34. The Hall–Kier alpha value is -3.42. The first-order valence-electron chi connectivity index (χ1n) is 12.4. The first-order valence-corrected chi connectivity index (χ1v) is 12.4. The fourth-order valence-electron chi connectivity index (χ4n) is 4.57. The Kier molecular flexibility index (Phi) is 8.38. The van der Waals surface area contributed by atoms with Crippen molar-refractivity contribution in [1.82, 2.24) is 10.2 Å². The molecular formula is C28H37FN4O3. The quantitative estimate of drug-likeness (QED) is 0.597. The second-order valence-corrected chi connectivity index (χ2v) is 10.3. The Balaban J connectivity index is 1.65. The maximum atomic E-state index is 14.2. The van der Waals surface area contributed by atoms with E-state index in [2.05, 4.69) is 22.5 Å². The van der Waals surface area contributed by atoms with Gasteiger partial charge in [-0.25, -0.2) is 4.39 Å². The van der Waals surface area contributed by atoms with E-state index in [-0.39, 0.29) is 28.8 Å². The molecule has 2 N–H and O–H groups in total.